The molecule has 0 spiro atoms. The van der Waals surface area contributed by atoms with Crippen LogP contribution in [0.2, 0.25) is 0 Å². The molecule has 0 aliphatic carbocycles. The van der Waals surface area contributed by atoms with E-state index in [1.165, 1.54) is 0 Å². The molecule has 0 unspecified atom stereocenters. The summed E-state index contributed by atoms with van der Waals surface area (Å²) in [6, 6.07) is 0. The normalized spacial score (nSPS) is 8.89. The molecule has 1 nitrogen and oxygen atoms in total. The van der Waals surface area contributed by atoms with Crippen molar-refractivity contribution in [3.05, 3.63) is 11.4 Å². The molecule has 0 aliphatic rings. The Morgan fingerprint density at radius 1 is 1.44 bits per heavy atom. The zero-order valence-electron chi connectivity index (χ0n) is 5.99. The minimum Gasteiger partial charge on any atom is -0.292 e. The second-order valence-electron chi connectivity index (χ2n) is 2.09. The summed E-state index contributed by atoms with van der Waals surface area (Å²) in [6.45, 7) is 4.82. The Bertz CT molecular complexity index is 143. The highest BCUT2D eigenvalue weighted by Crippen LogP contribution is 2.07. The predicted molar refractivity (Wildman–Crippen MR) is 34.8 cm³/mol. The van der Waals surface area contributed by atoms with E-state index in [0.717, 1.165) is 0 Å². The van der Waals surface area contributed by atoms with Crippen LogP contribution in [-0.2, 0) is 4.79 Å². The van der Waals surface area contributed by atoms with Gasteiger partial charge in [0.15, 0.2) is 11.6 Å². The summed E-state index contributed by atoms with van der Waals surface area (Å²) in [5.41, 5.74) is 0.460. The fourth-order valence-corrected chi connectivity index (χ4v) is 0.434. The maximum atomic E-state index is 12.4. The Balaban J connectivity index is 4.21. The minimum atomic E-state index is -0.586. The number of carbonyl (C=O) groups is 1. The molecule has 0 aromatic rings. The lowest BCUT2D eigenvalue weighted by molar-refractivity contribution is -0.116. The molecule has 9 heavy (non-hydrogen) atoms. The monoisotopic (exact) mass is 130 g/mol. The van der Waals surface area contributed by atoms with E-state index in [1.54, 1.807) is 20.8 Å². The smallest absolute Gasteiger partial charge is 0.190 e. The van der Waals surface area contributed by atoms with Crippen molar-refractivity contribution < 1.29 is 9.18 Å². The van der Waals surface area contributed by atoms with Crippen molar-refractivity contribution in [1.29, 1.82) is 0 Å². The summed E-state index contributed by atoms with van der Waals surface area (Å²) in [4.78, 5) is 10.5. The maximum Gasteiger partial charge on any atom is 0.190 e. The van der Waals surface area contributed by atoms with E-state index < -0.39 is 11.6 Å². The first-order chi connectivity index (χ1) is 4.09. The zero-order valence-corrected chi connectivity index (χ0v) is 5.99. The summed E-state index contributed by atoms with van der Waals surface area (Å²) in [7, 11) is 0. The Morgan fingerprint density at radius 3 is 2.00 bits per heavy atom. The van der Waals surface area contributed by atoms with Crippen LogP contribution in [0.3, 0.4) is 0 Å². The van der Waals surface area contributed by atoms with E-state index in [-0.39, 0.29) is 6.42 Å². The average Bonchev–Trinajstić information content (AvgIpc) is 1.84. The van der Waals surface area contributed by atoms with Crippen LogP contribution in [0.15, 0.2) is 11.4 Å². The standard InChI is InChI=1S/C7H11FO/c1-4-6(9)7(8)5(2)3/h4H2,1-3H3. The Morgan fingerprint density at radius 2 is 1.89 bits per heavy atom. The molecule has 0 heterocycles. The van der Waals surface area contributed by atoms with Gasteiger partial charge in [-0.05, 0) is 19.4 Å². The van der Waals surface area contributed by atoms with Gasteiger partial charge in [-0.15, -0.1) is 0 Å². The minimum absolute atomic E-state index is 0.247. The van der Waals surface area contributed by atoms with Gasteiger partial charge in [-0.2, -0.15) is 0 Å². The Hall–Kier alpha value is -0.660. The van der Waals surface area contributed by atoms with E-state index in [0.29, 0.717) is 5.57 Å². The number of halogens is 1. The van der Waals surface area contributed by atoms with Gasteiger partial charge in [-0.3, -0.25) is 4.79 Å². The van der Waals surface area contributed by atoms with Crippen molar-refractivity contribution in [1.82, 2.24) is 0 Å². The third kappa shape index (κ3) is 2.40. The molecule has 0 aromatic heterocycles. The number of Topliss-reactive ketones (excluding diaryl/α,β-unsaturated/α-hetero) is 1. The Kier molecular flexibility index (Phi) is 3.13. The van der Waals surface area contributed by atoms with Gasteiger partial charge in [0.2, 0.25) is 0 Å². The highest BCUT2D eigenvalue weighted by Gasteiger charge is 2.05. The van der Waals surface area contributed by atoms with Crippen molar-refractivity contribution in [3.8, 4) is 0 Å². The summed E-state index contributed by atoms with van der Waals surface area (Å²) in [6.07, 6.45) is 0.247. The first kappa shape index (κ1) is 8.34. The van der Waals surface area contributed by atoms with Crippen molar-refractivity contribution in [2.45, 2.75) is 27.2 Å². The maximum absolute atomic E-state index is 12.4. The van der Waals surface area contributed by atoms with Crippen molar-refractivity contribution in [3.63, 3.8) is 0 Å². The molecule has 0 atom stereocenters. The zero-order chi connectivity index (χ0) is 7.44. The summed E-state index contributed by atoms with van der Waals surface area (Å²) in [5.74, 6) is -0.993. The topological polar surface area (TPSA) is 17.1 Å². The van der Waals surface area contributed by atoms with E-state index in [1.807, 2.05) is 0 Å². The first-order valence-corrected chi connectivity index (χ1v) is 2.95. The third-order valence-electron chi connectivity index (χ3n) is 1.00. The Labute approximate surface area is 54.6 Å². The molecule has 0 N–H and O–H groups in total. The van der Waals surface area contributed by atoms with Gasteiger partial charge >= 0.3 is 0 Å². The average molecular weight is 130 g/mol. The van der Waals surface area contributed by atoms with Gasteiger partial charge in [0, 0.05) is 6.42 Å². The molecule has 0 radical (unpaired) electrons. The highest BCUT2D eigenvalue weighted by molar-refractivity contribution is 5.93. The third-order valence-corrected chi connectivity index (χ3v) is 1.00. The molecule has 52 valence electrons. The van der Waals surface area contributed by atoms with Crippen LogP contribution in [-0.4, -0.2) is 5.78 Å². The van der Waals surface area contributed by atoms with Crippen molar-refractivity contribution >= 4 is 5.78 Å². The largest absolute Gasteiger partial charge is 0.292 e. The predicted octanol–water partition coefficient (Wildman–Crippen LogP) is 2.23. The summed E-state index contributed by atoms with van der Waals surface area (Å²) in [5, 5.41) is 0. The number of hydrogen-bond donors (Lipinski definition) is 0. The number of rotatable bonds is 2. The fraction of sp³-hybridized carbons (Fsp3) is 0.571. The molecular formula is C7H11FO. The molecule has 0 saturated heterocycles. The fourth-order valence-electron chi connectivity index (χ4n) is 0.434. The molecule has 2 heteroatoms. The number of hydrogen-bond acceptors (Lipinski definition) is 1. The lowest BCUT2D eigenvalue weighted by Gasteiger charge is -1.93. The van der Waals surface area contributed by atoms with Crippen LogP contribution in [0.4, 0.5) is 4.39 Å². The van der Waals surface area contributed by atoms with E-state index in [2.05, 4.69) is 0 Å². The number of ketones is 1. The highest BCUT2D eigenvalue weighted by atomic mass is 19.1. The summed E-state index contributed by atoms with van der Waals surface area (Å²) >= 11 is 0. The van der Waals surface area contributed by atoms with Gasteiger partial charge in [0.05, 0.1) is 0 Å². The van der Waals surface area contributed by atoms with Crippen LogP contribution in [0, 0.1) is 0 Å². The quantitative estimate of drug-likeness (QED) is 0.524. The van der Waals surface area contributed by atoms with E-state index in [4.69, 9.17) is 0 Å². The van der Waals surface area contributed by atoms with Crippen LogP contribution in [0.5, 0.6) is 0 Å². The van der Waals surface area contributed by atoms with Crippen LogP contribution >= 0.6 is 0 Å². The summed E-state index contributed by atoms with van der Waals surface area (Å²) < 4.78 is 12.4. The van der Waals surface area contributed by atoms with Gasteiger partial charge in [0.1, 0.15) is 0 Å². The van der Waals surface area contributed by atoms with E-state index >= 15 is 0 Å². The molecule has 0 aromatic carbocycles. The van der Waals surface area contributed by atoms with E-state index in [9.17, 15) is 9.18 Å². The van der Waals surface area contributed by atoms with Gasteiger partial charge in [-0.25, -0.2) is 4.39 Å². The molecule has 0 rings (SSSR count). The molecule has 0 bridgehead atoms. The van der Waals surface area contributed by atoms with Crippen LogP contribution in [0.1, 0.15) is 27.2 Å². The molecular weight excluding hydrogens is 119 g/mol. The number of carbonyl (C=O) groups excluding carboxylic acids is 1. The second kappa shape index (κ2) is 3.38. The van der Waals surface area contributed by atoms with Crippen LogP contribution < -0.4 is 0 Å². The molecule has 0 saturated carbocycles. The molecule has 0 fully saturated rings. The number of allylic oxidation sites excluding steroid dienone is 2. The van der Waals surface area contributed by atoms with Crippen molar-refractivity contribution in [2.75, 3.05) is 0 Å². The van der Waals surface area contributed by atoms with Gasteiger partial charge < -0.3 is 0 Å². The second-order valence-corrected chi connectivity index (χ2v) is 2.09. The lowest BCUT2D eigenvalue weighted by Crippen LogP contribution is -1.96. The van der Waals surface area contributed by atoms with Gasteiger partial charge in [0.25, 0.3) is 0 Å². The molecule has 0 amide bonds. The molecule has 0 aliphatic heterocycles. The SMILES string of the molecule is CCC(=O)C(F)=C(C)C. The van der Waals surface area contributed by atoms with Gasteiger partial charge in [-0.1, -0.05) is 6.92 Å². The van der Waals surface area contributed by atoms with Crippen LogP contribution in [0.25, 0.3) is 0 Å². The first-order valence-electron chi connectivity index (χ1n) is 2.95. The van der Waals surface area contributed by atoms with Crippen molar-refractivity contribution in [2.24, 2.45) is 0 Å². The lowest BCUT2D eigenvalue weighted by atomic mass is 10.2.